The highest BCUT2D eigenvalue weighted by Crippen LogP contribution is 2.26. The van der Waals surface area contributed by atoms with E-state index in [9.17, 15) is 0 Å². The van der Waals surface area contributed by atoms with Gasteiger partial charge >= 0.3 is 0 Å². The van der Waals surface area contributed by atoms with Crippen LogP contribution in [0.3, 0.4) is 0 Å². The van der Waals surface area contributed by atoms with Gasteiger partial charge in [-0.05, 0) is 11.0 Å². The van der Waals surface area contributed by atoms with E-state index >= 15 is 0 Å². The summed E-state index contributed by atoms with van der Waals surface area (Å²) in [6.45, 7) is 6.26. The van der Waals surface area contributed by atoms with Crippen molar-refractivity contribution in [3.05, 3.63) is 11.1 Å². The molecule has 0 atom stereocenters. The Hall–Kier alpha value is 0.320. The Morgan fingerprint density at radius 2 is 1.89 bits per heavy atom. The zero-order valence-corrected chi connectivity index (χ0v) is 7.55. The summed E-state index contributed by atoms with van der Waals surface area (Å²) in [4.78, 5) is 0. The van der Waals surface area contributed by atoms with Crippen LogP contribution in [0.15, 0.2) is 11.1 Å². The third-order valence-electron chi connectivity index (χ3n) is 1.24. The highest BCUT2D eigenvalue weighted by atomic mass is 35.5. The first-order valence-electron chi connectivity index (χ1n) is 2.88. The van der Waals surface area contributed by atoms with Gasteiger partial charge in [0.2, 0.25) is 0 Å². The fourth-order valence-corrected chi connectivity index (χ4v) is 1.35. The van der Waals surface area contributed by atoms with E-state index in [1.54, 1.807) is 5.54 Å². The molecule has 0 N–H and O–H groups in total. The van der Waals surface area contributed by atoms with Gasteiger partial charge in [-0.2, -0.15) is 0 Å². The quantitative estimate of drug-likeness (QED) is 0.525. The third kappa shape index (κ3) is 3.12. The first-order valence-corrected chi connectivity index (χ1v) is 3.85. The predicted molar refractivity (Wildman–Crippen MR) is 44.1 cm³/mol. The molecule has 0 fully saturated rings. The van der Waals surface area contributed by atoms with Crippen LogP contribution in [0, 0.1) is 5.41 Å². The summed E-state index contributed by atoms with van der Waals surface area (Å²) in [7, 11) is 0. The Morgan fingerprint density at radius 1 is 1.44 bits per heavy atom. The van der Waals surface area contributed by atoms with Crippen LogP contribution in [-0.2, 0) is 0 Å². The molecule has 0 saturated heterocycles. The average Bonchev–Trinajstić information content (AvgIpc) is 1.65. The van der Waals surface area contributed by atoms with Crippen molar-refractivity contribution in [3.63, 3.8) is 0 Å². The summed E-state index contributed by atoms with van der Waals surface area (Å²) in [5.74, 6) is 0.521. The Kier molecular flexibility index (Phi) is 3.60. The Labute approximate surface area is 66.8 Å². The molecule has 2 heteroatoms. The van der Waals surface area contributed by atoms with Gasteiger partial charge in [0.15, 0.2) is 0 Å². The van der Waals surface area contributed by atoms with Crippen molar-refractivity contribution in [1.82, 2.24) is 0 Å². The van der Waals surface area contributed by atoms with Gasteiger partial charge in [0, 0.05) is 11.4 Å². The fourth-order valence-electron chi connectivity index (χ4n) is 0.393. The van der Waals surface area contributed by atoms with Crippen LogP contribution in [0.1, 0.15) is 20.8 Å². The number of alkyl halides is 1. The van der Waals surface area contributed by atoms with Crippen molar-refractivity contribution in [3.8, 4) is 0 Å². The standard InChI is InChI=1S/C7H12Cl2/c1-7(2,3)6(4-8)5-9/h4H,5H2,1-3H3/b6-4-. The number of hydrogen-bond donors (Lipinski definition) is 0. The summed E-state index contributed by atoms with van der Waals surface area (Å²) in [5, 5.41) is 0. The largest absolute Gasteiger partial charge is 0.122 e. The fraction of sp³-hybridized carbons (Fsp3) is 0.714. The maximum Gasteiger partial charge on any atom is 0.0450 e. The van der Waals surface area contributed by atoms with Gasteiger partial charge in [-0.25, -0.2) is 0 Å². The van der Waals surface area contributed by atoms with Crippen LogP contribution in [0.2, 0.25) is 0 Å². The maximum atomic E-state index is 5.60. The topological polar surface area (TPSA) is 0 Å². The van der Waals surface area contributed by atoms with E-state index < -0.39 is 0 Å². The van der Waals surface area contributed by atoms with E-state index in [4.69, 9.17) is 23.2 Å². The summed E-state index contributed by atoms with van der Waals surface area (Å²) in [6.07, 6.45) is 0. The second kappa shape index (κ2) is 3.48. The molecule has 0 aliphatic rings. The predicted octanol–water partition coefficient (Wildman–Crippen LogP) is 3.39. The Balaban J connectivity index is 4.14. The van der Waals surface area contributed by atoms with E-state index in [-0.39, 0.29) is 5.41 Å². The Morgan fingerprint density at radius 3 is 1.89 bits per heavy atom. The summed E-state index contributed by atoms with van der Waals surface area (Å²) >= 11 is 11.1. The van der Waals surface area contributed by atoms with E-state index in [0.29, 0.717) is 5.88 Å². The minimum Gasteiger partial charge on any atom is -0.122 e. The average molecular weight is 167 g/mol. The van der Waals surface area contributed by atoms with Crippen molar-refractivity contribution < 1.29 is 0 Å². The van der Waals surface area contributed by atoms with Crippen molar-refractivity contribution >= 4 is 23.2 Å². The lowest BCUT2D eigenvalue weighted by Gasteiger charge is -2.19. The summed E-state index contributed by atoms with van der Waals surface area (Å²) in [6, 6.07) is 0. The van der Waals surface area contributed by atoms with Crippen molar-refractivity contribution in [2.24, 2.45) is 5.41 Å². The highest BCUT2D eigenvalue weighted by molar-refractivity contribution is 6.27. The molecule has 54 valence electrons. The molecule has 0 bridgehead atoms. The zero-order valence-electron chi connectivity index (χ0n) is 6.04. The van der Waals surface area contributed by atoms with Crippen LogP contribution < -0.4 is 0 Å². The van der Waals surface area contributed by atoms with Gasteiger partial charge in [-0.3, -0.25) is 0 Å². The first-order chi connectivity index (χ1) is 4.02. The van der Waals surface area contributed by atoms with Crippen LogP contribution in [-0.4, -0.2) is 5.88 Å². The first kappa shape index (κ1) is 9.32. The van der Waals surface area contributed by atoms with Crippen molar-refractivity contribution in [1.29, 1.82) is 0 Å². The van der Waals surface area contributed by atoms with Crippen LogP contribution in [0.4, 0.5) is 0 Å². The second-order valence-corrected chi connectivity index (χ2v) is 3.50. The molecule has 0 nitrogen and oxygen atoms in total. The maximum absolute atomic E-state index is 5.60. The lowest BCUT2D eigenvalue weighted by atomic mass is 9.89. The summed E-state index contributed by atoms with van der Waals surface area (Å²) in [5.41, 5.74) is 2.75. The van der Waals surface area contributed by atoms with Gasteiger partial charge in [0.05, 0.1) is 0 Å². The minimum absolute atomic E-state index is 0.115. The molecule has 0 heterocycles. The number of hydrogen-bond acceptors (Lipinski definition) is 0. The molecule has 0 aromatic heterocycles. The number of rotatable bonds is 1. The van der Waals surface area contributed by atoms with Crippen molar-refractivity contribution in [2.45, 2.75) is 20.8 Å². The molecule has 0 unspecified atom stereocenters. The zero-order chi connectivity index (χ0) is 7.49. The third-order valence-corrected chi connectivity index (χ3v) is 1.79. The summed E-state index contributed by atoms with van der Waals surface area (Å²) < 4.78 is 0. The molecular formula is C7H12Cl2. The normalized spacial score (nSPS) is 14.1. The Bertz CT molecular complexity index is 109. The highest BCUT2D eigenvalue weighted by Gasteiger charge is 2.14. The molecule has 0 aromatic rings. The van der Waals surface area contributed by atoms with Crippen molar-refractivity contribution in [2.75, 3.05) is 5.88 Å². The molecule has 0 saturated carbocycles. The molecule has 0 amide bonds. The van der Waals surface area contributed by atoms with Gasteiger partial charge in [-0.15, -0.1) is 11.6 Å². The lowest BCUT2D eigenvalue weighted by Crippen LogP contribution is -2.09. The minimum atomic E-state index is 0.115. The molecule has 0 aromatic carbocycles. The SMILES string of the molecule is CC(C)(C)/C(=C\Cl)CCl. The van der Waals surface area contributed by atoms with Gasteiger partial charge < -0.3 is 0 Å². The monoisotopic (exact) mass is 166 g/mol. The van der Waals surface area contributed by atoms with Gasteiger partial charge in [0.25, 0.3) is 0 Å². The number of allylic oxidation sites excluding steroid dienone is 1. The molecule has 0 aliphatic heterocycles. The number of halogens is 2. The van der Waals surface area contributed by atoms with Gasteiger partial charge in [0.1, 0.15) is 0 Å². The van der Waals surface area contributed by atoms with E-state index in [1.807, 2.05) is 0 Å². The molecular weight excluding hydrogens is 155 g/mol. The van der Waals surface area contributed by atoms with Crippen LogP contribution in [0.5, 0.6) is 0 Å². The smallest absolute Gasteiger partial charge is 0.0450 e. The molecule has 9 heavy (non-hydrogen) atoms. The van der Waals surface area contributed by atoms with Gasteiger partial charge in [-0.1, -0.05) is 32.4 Å². The van der Waals surface area contributed by atoms with Crippen LogP contribution in [0.25, 0.3) is 0 Å². The van der Waals surface area contributed by atoms with Crippen LogP contribution >= 0.6 is 23.2 Å². The van der Waals surface area contributed by atoms with E-state index in [2.05, 4.69) is 20.8 Å². The molecule has 0 spiro atoms. The lowest BCUT2D eigenvalue weighted by molar-refractivity contribution is 0.506. The molecule has 0 rings (SSSR count). The van der Waals surface area contributed by atoms with E-state index in [1.165, 1.54) is 0 Å². The molecule has 0 radical (unpaired) electrons. The van der Waals surface area contributed by atoms with E-state index in [0.717, 1.165) is 5.57 Å². The molecule has 0 aliphatic carbocycles. The second-order valence-electron chi connectivity index (χ2n) is 3.02.